The fourth-order valence-corrected chi connectivity index (χ4v) is 1.25. The Labute approximate surface area is 92.4 Å². The molecule has 15 heavy (non-hydrogen) atoms. The molecule has 0 heterocycles. The van der Waals surface area contributed by atoms with Gasteiger partial charge in [0, 0.05) is 6.54 Å². The summed E-state index contributed by atoms with van der Waals surface area (Å²) in [5.74, 6) is -1.25. The van der Waals surface area contributed by atoms with Crippen LogP contribution in [0, 0.1) is 11.7 Å². The van der Waals surface area contributed by atoms with Gasteiger partial charge < -0.3 is 11.1 Å². The highest BCUT2D eigenvalue weighted by molar-refractivity contribution is 6.33. The molecule has 1 unspecified atom stereocenters. The number of nitrogens with one attached hydrogen (secondary N) is 1. The molecule has 82 valence electrons. The van der Waals surface area contributed by atoms with Crippen LogP contribution in [0.2, 0.25) is 5.02 Å². The molecule has 0 aliphatic carbocycles. The molecule has 0 aliphatic rings. The van der Waals surface area contributed by atoms with Gasteiger partial charge in [0.2, 0.25) is 5.91 Å². The van der Waals surface area contributed by atoms with E-state index in [0.717, 1.165) is 0 Å². The van der Waals surface area contributed by atoms with E-state index in [4.69, 9.17) is 17.3 Å². The average molecular weight is 231 g/mol. The molecule has 3 nitrogen and oxygen atoms in total. The molecule has 1 atom stereocenters. The second-order valence-electron chi connectivity index (χ2n) is 3.28. The van der Waals surface area contributed by atoms with Crippen LogP contribution in [-0.4, -0.2) is 12.5 Å². The lowest BCUT2D eigenvalue weighted by Crippen LogP contribution is -2.27. The standard InChI is InChI=1S/C10H12ClFN2O/c1-6(10(13)15)5-14-9-7(11)3-2-4-8(9)12/h2-4,6,14H,5H2,1H3,(H2,13,15). The first-order valence-electron chi connectivity index (χ1n) is 4.49. The second-order valence-corrected chi connectivity index (χ2v) is 3.69. The highest BCUT2D eigenvalue weighted by Gasteiger charge is 2.11. The lowest BCUT2D eigenvalue weighted by Gasteiger charge is -2.12. The van der Waals surface area contributed by atoms with Crippen LogP contribution in [0.15, 0.2) is 18.2 Å². The van der Waals surface area contributed by atoms with Crippen LogP contribution >= 0.6 is 11.6 Å². The summed E-state index contributed by atoms with van der Waals surface area (Å²) < 4.78 is 13.2. The van der Waals surface area contributed by atoms with Crippen molar-refractivity contribution >= 4 is 23.2 Å². The number of hydrogen-bond donors (Lipinski definition) is 2. The highest BCUT2D eigenvalue weighted by atomic mass is 35.5. The Balaban J connectivity index is 2.69. The van der Waals surface area contributed by atoms with Crippen LogP contribution in [0.3, 0.4) is 0 Å². The van der Waals surface area contributed by atoms with Crippen LogP contribution < -0.4 is 11.1 Å². The fraction of sp³-hybridized carbons (Fsp3) is 0.300. The van der Waals surface area contributed by atoms with Crippen LogP contribution in [0.25, 0.3) is 0 Å². The molecule has 1 amide bonds. The minimum atomic E-state index is -0.445. The number of anilines is 1. The van der Waals surface area contributed by atoms with Crippen molar-refractivity contribution in [3.8, 4) is 0 Å². The van der Waals surface area contributed by atoms with E-state index in [9.17, 15) is 9.18 Å². The summed E-state index contributed by atoms with van der Waals surface area (Å²) in [6.45, 7) is 1.92. The second kappa shape index (κ2) is 4.98. The molecule has 0 aromatic heterocycles. The van der Waals surface area contributed by atoms with Crippen LogP contribution in [0.5, 0.6) is 0 Å². The summed E-state index contributed by atoms with van der Waals surface area (Å²) >= 11 is 5.77. The molecule has 1 aromatic rings. The summed E-state index contributed by atoms with van der Waals surface area (Å²) in [4.78, 5) is 10.7. The zero-order valence-electron chi connectivity index (χ0n) is 8.26. The highest BCUT2D eigenvalue weighted by Crippen LogP contribution is 2.24. The predicted molar refractivity (Wildman–Crippen MR) is 58.3 cm³/mol. The molecule has 0 saturated heterocycles. The van der Waals surface area contributed by atoms with Crippen molar-refractivity contribution in [3.63, 3.8) is 0 Å². The van der Waals surface area contributed by atoms with Gasteiger partial charge >= 0.3 is 0 Å². The molecular formula is C10H12ClFN2O. The maximum atomic E-state index is 13.2. The number of carbonyl (C=O) groups is 1. The first kappa shape index (κ1) is 11.8. The van der Waals surface area contributed by atoms with Crippen molar-refractivity contribution in [1.29, 1.82) is 0 Å². The van der Waals surface area contributed by atoms with Gasteiger partial charge in [0.15, 0.2) is 0 Å². The van der Waals surface area contributed by atoms with Crippen molar-refractivity contribution in [1.82, 2.24) is 0 Å². The normalized spacial score (nSPS) is 12.2. The Morgan fingerprint density at radius 3 is 2.87 bits per heavy atom. The van der Waals surface area contributed by atoms with E-state index in [1.54, 1.807) is 13.0 Å². The number of nitrogens with two attached hydrogens (primary N) is 1. The third kappa shape index (κ3) is 3.09. The molecule has 3 N–H and O–H groups in total. The molecule has 0 aliphatic heterocycles. The van der Waals surface area contributed by atoms with Gasteiger partial charge in [-0.2, -0.15) is 0 Å². The number of primary amides is 1. The molecule has 1 aromatic carbocycles. The zero-order valence-corrected chi connectivity index (χ0v) is 9.01. The largest absolute Gasteiger partial charge is 0.381 e. The lowest BCUT2D eigenvalue weighted by molar-refractivity contribution is -0.120. The molecule has 1 rings (SSSR count). The number of carbonyl (C=O) groups excluding carboxylic acids is 1. The summed E-state index contributed by atoms with van der Waals surface area (Å²) in [7, 11) is 0. The molecule has 0 radical (unpaired) electrons. The number of amides is 1. The summed E-state index contributed by atoms with van der Waals surface area (Å²) in [5, 5.41) is 3.04. The third-order valence-electron chi connectivity index (χ3n) is 2.03. The van der Waals surface area contributed by atoms with Gasteiger partial charge in [-0.25, -0.2) is 4.39 Å². The maximum absolute atomic E-state index is 13.2. The maximum Gasteiger partial charge on any atom is 0.222 e. The van der Waals surface area contributed by atoms with Gasteiger partial charge in [0.25, 0.3) is 0 Å². The van der Waals surface area contributed by atoms with Crippen molar-refractivity contribution in [2.24, 2.45) is 11.7 Å². The number of halogens is 2. The Bertz CT molecular complexity index is 350. The van der Waals surface area contributed by atoms with Crippen molar-refractivity contribution in [3.05, 3.63) is 29.0 Å². The lowest BCUT2D eigenvalue weighted by atomic mass is 10.1. The Morgan fingerprint density at radius 1 is 1.67 bits per heavy atom. The Kier molecular flexibility index (Phi) is 3.91. The van der Waals surface area contributed by atoms with Crippen molar-refractivity contribution in [2.75, 3.05) is 11.9 Å². The molecule has 0 fully saturated rings. The van der Waals surface area contributed by atoms with Gasteiger partial charge in [-0.05, 0) is 12.1 Å². The minimum absolute atomic E-state index is 0.201. The number of hydrogen-bond acceptors (Lipinski definition) is 2. The van der Waals surface area contributed by atoms with Crippen LogP contribution in [-0.2, 0) is 4.79 Å². The number of benzene rings is 1. The van der Waals surface area contributed by atoms with E-state index >= 15 is 0 Å². The number of rotatable bonds is 4. The summed E-state index contributed by atoms with van der Waals surface area (Å²) in [5.41, 5.74) is 5.27. The third-order valence-corrected chi connectivity index (χ3v) is 2.35. The molecule has 0 spiro atoms. The fourth-order valence-electron chi connectivity index (χ4n) is 1.02. The Hall–Kier alpha value is -1.29. The van der Waals surface area contributed by atoms with Gasteiger partial charge in [-0.3, -0.25) is 4.79 Å². The van der Waals surface area contributed by atoms with E-state index in [-0.39, 0.29) is 23.2 Å². The first-order chi connectivity index (χ1) is 7.02. The van der Waals surface area contributed by atoms with Crippen molar-refractivity contribution in [2.45, 2.75) is 6.92 Å². The monoisotopic (exact) mass is 230 g/mol. The summed E-state index contributed by atoms with van der Waals surface area (Å²) in [6, 6.07) is 4.38. The molecule has 5 heteroatoms. The van der Waals surface area contributed by atoms with E-state index in [1.807, 2.05) is 0 Å². The summed E-state index contributed by atoms with van der Waals surface area (Å²) in [6.07, 6.45) is 0. The molecule has 0 bridgehead atoms. The van der Waals surface area contributed by atoms with Gasteiger partial charge in [0.1, 0.15) is 5.82 Å². The van der Waals surface area contributed by atoms with Crippen molar-refractivity contribution < 1.29 is 9.18 Å². The van der Waals surface area contributed by atoms with Gasteiger partial charge in [-0.15, -0.1) is 0 Å². The van der Waals surface area contributed by atoms with Crippen LogP contribution in [0.1, 0.15) is 6.92 Å². The van der Waals surface area contributed by atoms with E-state index < -0.39 is 11.7 Å². The van der Waals surface area contributed by atoms with E-state index in [2.05, 4.69) is 5.32 Å². The number of para-hydroxylation sites is 1. The van der Waals surface area contributed by atoms with E-state index in [0.29, 0.717) is 0 Å². The minimum Gasteiger partial charge on any atom is -0.381 e. The predicted octanol–water partition coefficient (Wildman–Crippen LogP) is 2.01. The molecule has 0 saturated carbocycles. The molecular weight excluding hydrogens is 219 g/mol. The van der Waals surface area contributed by atoms with Gasteiger partial charge in [-0.1, -0.05) is 24.6 Å². The first-order valence-corrected chi connectivity index (χ1v) is 4.87. The van der Waals surface area contributed by atoms with Gasteiger partial charge in [0.05, 0.1) is 16.6 Å². The topological polar surface area (TPSA) is 55.1 Å². The quantitative estimate of drug-likeness (QED) is 0.832. The zero-order chi connectivity index (χ0) is 11.4. The Morgan fingerprint density at radius 2 is 2.33 bits per heavy atom. The van der Waals surface area contributed by atoms with E-state index in [1.165, 1.54) is 12.1 Å². The SMILES string of the molecule is CC(CNc1c(F)cccc1Cl)C(N)=O. The average Bonchev–Trinajstić information content (AvgIpc) is 2.16. The smallest absolute Gasteiger partial charge is 0.222 e. The van der Waals surface area contributed by atoms with Crippen LogP contribution in [0.4, 0.5) is 10.1 Å².